The van der Waals surface area contributed by atoms with Gasteiger partial charge in [0.05, 0.1) is 24.4 Å². The average Bonchev–Trinajstić information content (AvgIpc) is 3.03. The summed E-state index contributed by atoms with van der Waals surface area (Å²) in [6.07, 6.45) is 3.83. The van der Waals surface area contributed by atoms with E-state index in [9.17, 15) is 0 Å². The van der Waals surface area contributed by atoms with Crippen LogP contribution in [0.3, 0.4) is 0 Å². The van der Waals surface area contributed by atoms with Gasteiger partial charge in [-0.25, -0.2) is 9.67 Å². The second-order valence-electron chi connectivity index (χ2n) is 6.65. The first kappa shape index (κ1) is 17.5. The largest absolute Gasteiger partial charge is 0.481 e. The maximum atomic E-state index is 5.55. The molecule has 6 heteroatoms. The number of hydrogen-bond donors (Lipinski definition) is 1. The van der Waals surface area contributed by atoms with Crippen molar-refractivity contribution in [1.29, 1.82) is 0 Å². The van der Waals surface area contributed by atoms with Gasteiger partial charge >= 0.3 is 0 Å². The van der Waals surface area contributed by atoms with Crippen LogP contribution in [0.25, 0.3) is 0 Å². The van der Waals surface area contributed by atoms with Gasteiger partial charge in [0.1, 0.15) is 5.82 Å². The summed E-state index contributed by atoms with van der Waals surface area (Å²) in [6.45, 7) is 9.43. The van der Waals surface area contributed by atoms with E-state index in [0.29, 0.717) is 18.4 Å². The molecule has 0 aliphatic carbocycles. The highest BCUT2D eigenvalue weighted by Crippen LogP contribution is 2.28. The Morgan fingerprint density at radius 1 is 1.22 bits per heavy atom. The lowest BCUT2D eigenvalue weighted by Gasteiger charge is -2.22. The van der Waals surface area contributed by atoms with E-state index in [4.69, 9.17) is 4.74 Å². The Morgan fingerprint density at radius 2 is 1.91 bits per heavy atom. The molecule has 0 aromatic carbocycles. The first-order valence-corrected chi connectivity index (χ1v) is 8.17. The molecule has 0 unspecified atom stereocenters. The SMILES string of the molecule is COc1c(CN[C@H](c2nccn2C)C(C)C)c(C(C)C)nn1C. The Morgan fingerprint density at radius 3 is 2.39 bits per heavy atom. The predicted octanol–water partition coefficient (Wildman–Crippen LogP) is 2.77. The smallest absolute Gasteiger partial charge is 0.216 e. The number of aromatic nitrogens is 4. The van der Waals surface area contributed by atoms with Gasteiger partial charge in [0, 0.05) is 33.0 Å². The maximum absolute atomic E-state index is 5.55. The minimum Gasteiger partial charge on any atom is -0.481 e. The van der Waals surface area contributed by atoms with Crippen molar-refractivity contribution in [3.05, 3.63) is 29.5 Å². The molecule has 0 bridgehead atoms. The van der Waals surface area contributed by atoms with Gasteiger partial charge in [-0.05, 0) is 11.8 Å². The highest BCUT2D eigenvalue weighted by atomic mass is 16.5. The summed E-state index contributed by atoms with van der Waals surface area (Å²) < 4.78 is 9.44. The van der Waals surface area contributed by atoms with E-state index in [2.05, 4.69) is 47.7 Å². The van der Waals surface area contributed by atoms with E-state index >= 15 is 0 Å². The number of rotatable bonds is 7. The van der Waals surface area contributed by atoms with Gasteiger partial charge < -0.3 is 14.6 Å². The van der Waals surface area contributed by atoms with Gasteiger partial charge in [-0.2, -0.15) is 5.10 Å². The molecule has 0 aliphatic rings. The van der Waals surface area contributed by atoms with E-state index in [1.165, 1.54) is 0 Å². The Labute approximate surface area is 138 Å². The van der Waals surface area contributed by atoms with E-state index in [1.54, 1.807) is 7.11 Å². The Hall–Kier alpha value is -1.82. The van der Waals surface area contributed by atoms with Gasteiger partial charge in [-0.3, -0.25) is 0 Å². The van der Waals surface area contributed by atoms with Crippen molar-refractivity contribution in [3.63, 3.8) is 0 Å². The minimum absolute atomic E-state index is 0.180. The fourth-order valence-corrected chi connectivity index (χ4v) is 2.97. The predicted molar refractivity (Wildman–Crippen MR) is 91.5 cm³/mol. The van der Waals surface area contributed by atoms with Crippen LogP contribution < -0.4 is 10.1 Å². The van der Waals surface area contributed by atoms with Crippen LogP contribution in [0.15, 0.2) is 12.4 Å². The summed E-state index contributed by atoms with van der Waals surface area (Å²) in [7, 11) is 5.65. The quantitative estimate of drug-likeness (QED) is 0.852. The molecule has 6 nitrogen and oxygen atoms in total. The zero-order chi connectivity index (χ0) is 17.1. The summed E-state index contributed by atoms with van der Waals surface area (Å²) in [4.78, 5) is 4.50. The first-order valence-electron chi connectivity index (χ1n) is 8.17. The highest BCUT2D eigenvalue weighted by molar-refractivity contribution is 5.33. The molecule has 128 valence electrons. The number of hydrogen-bond acceptors (Lipinski definition) is 4. The van der Waals surface area contributed by atoms with E-state index in [1.807, 2.05) is 31.2 Å². The molecule has 0 radical (unpaired) electrons. The molecule has 23 heavy (non-hydrogen) atoms. The molecule has 1 N–H and O–H groups in total. The molecule has 0 amide bonds. The summed E-state index contributed by atoms with van der Waals surface area (Å²) in [5.74, 6) is 2.66. The molecule has 0 spiro atoms. The third kappa shape index (κ3) is 3.58. The molecule has 0 saturated carbocycles. The molecule has 2 heterocycles. The molecule has 0 fully saturated rings. The summed E-state index contributed by atoms with van der Waals surface area (Å²) in [5.41, 5.74) is 2.21. The number of methoxy groups -OCH3 is 1. The Balaban J connectivity index is 2.26. The van der Waals surface area contributed by atoms with Crippen LogP contribution in [0.4, 0.5) is 0 Å². The van der Waals surface area contributed by atoms with Crippen molar-refractivity contribution in [2.75, 3.05) is 7.11 Å². The molecule has 2 rings (SSSR count). The fourth-order valence-electron chi connectivity index (χ4n) is 2.97. The second kappa shape index (κ2) is 7.17. The first-order chi connectivity index (χ1) is 10.9. The van der Waals surface area contributed by atoms with Crippen molar-refractivity contribution in [2.24, 2.45) is 20.0 Å². The van der Waals surface area contributed by atoms with Crippen LogP contribution in [-0.2, 0) is 20.6 Å². The van der Waals surface area contributed by atoms with Crippen LogP contribution in [-0.4, -0.2) is 26.4 Å². The zero-order valence-corrected chi connectivity index (χ0v) is 15.3. The minimum atomic E-state index is 0.180. The molecule has 0 saturated heterocycles. The van der Waals surface area contributed by atoms with Crippen molar-refractivity contribution in [3.8, 4) is 5.88 Å². The molecule has 0 aliphatic heterocycles. The average molecular weight is 319 g/mol. The van der Waals surface area contributed by atoms with Crippen LogP contribution in [0, 0.1) is 5.92 Å². The highest BCUT2D eigenvalue weighted by Gasteiger charge is 2.23. The zero-order valence-electron chi connectivity index (χ0n) is 15.3. The van der Waals surface area contributed by atoms with E-state index in [-0.39, 0.29) is 6.04 Å². The maximum Gasteiger partial charge on any atom is 0.216 e. The third-order valence-electron chi connectivity index (χ3n) is 4.16. The monoisotopic (exact) mass is 319 g/mol. The lowest BCUT2D eigenvalue weighted by molar-refractivity contribution is 0.356. The van der Waals surface area contributed by atoms with E-state index in [0.717, 1.165) is 23.0 Å². The standard InChI is InChI=1S/C17H29N5O/c1-11(2)14-13(17(23-7)22(6)20-14)10-19-15(12(3)4)16-18-8-9-21(16)5/h8-9,11-12,15,19H,10H2,1-7H3/t15-/m0/s1. The fraction of sp³-hybridized carbons (Fsp3) is 0.647. The van der Waals surface area contributed by atoms with Gasteiger partial charge in [-0.15, -0.1) is 0 Å². The van der Waals surface area contributed by atoms with Gasteiger partial charge in [0.2, 0.25) is 5.88 Å². The number of imidazole rings is 1. The molecular weight excluding hydrogens is 290 g/mol. The molecular formula is C17H29N5O. The number of nitrogens with one attached hydrogen (secondary N) is 1. The van der Waals surface area contributed by atoms with Crippen molar-refractivity contribution >= 4 is 0 Å². The number of nitrogens with zero attached hydrogens (tertiary/aromatic N) is 4. The second-order valence-corrected chi connectivity index (χ2v) is 6.65. The molecule has 2 aromatic heterocycles. The van der Waals surface area contributed by atoms with Gasteiger partial charge in [0.25, 0.3) is 0 Å². The van der Waals surface area contributed by atoms with Crippen molar-refractivity contribution in [1.82, 2.24) is 24.6 Å². The Bertz CT molecular complexity index is 641. The normalized spacial score (nSPS) is 13.1. The third-order valence-corrected chi connectivity index (χ3v) is 4.16. The Kier molecular flexibility index (Phi) is 5.46. The summed E-state index contributed by atoms with van der Waals surface area (Å²) in [6, 6.07) is 0.180. The lowest BCUT2D eigenvalue weighted by atomic mass is 10.0. The van der Waals surface area contributed by atoms with Crippen LogP contribution in [0.2, 0.25) is 0 Å². The van der Waals surface area contributed by atoms with Crippen molar-refractivity contribution in [2.45, 2.75) is 46.2 Å². The van der Waals surface area contributed by atoms with Crippen LogP contribution in [0.5, 0.6) is 5.88 Å². The van der Waals surface area contributed by atoms with Gasteiger partial charge in [0.15, 0.2) is 0 Å². The summed E-state index contributed by atoms with van der Waals surface area (Å²) in [5, 5.41) is 8.26. The number of ether oxygens (including phenoxy) is 1. The lowest BCUT2D eigenvalue weighted by Crippen LogP contribution is -2.28. The topological polar surface area (TPSA) is 56.9 Å². The summed E-state index contributed by atoms with van der Waals surface area (Å²) >= 11 is 0. The van der Waals surface area contributed by atoms with Crippen LogP contribution in [0.1, 0.15) is 56.7 Å². The van der Waals surface area contributed by atoms with E-state index < -0.39 is 0 Å². The molecule has 2 aromatic rings. The van der Waals surface area contributed by atoms with Crippen molar-refractivity contribution < 1.29 is 4.74 Å². The molecule has 1 atom stereocenters. The van der Waals surface area contributed by atoms with Crippen LogP contribution >= 0.6 is 0 Å². The number of aryl methyl sites for hydroxylation is 2. The van der Waals surface area contributed by atoms with Gasteiger partial charge in [-0.1, -0.05) is 27.7 Å².